The van der Waals surface area contributed by atoms with E-state index in [1.807, 2.05) is 0 Å². The molecule has 0 aliphatic rings. The summed E-state index contributed by atoms with van der Waals surface area (Å²) in [4.78, 5) is 5.00. The second-order valence-corrected chi connectivity index (χ2v) is 3.46. The highest BCUT2D eigenvalue weighted by atomic mass is 19.2. The van der Waals surface area contributed by atoms with Gasteiger partial charge in [0, 0.05) is 0 Å². The third kappa shape index (κ3) is 2.51. The van der Waals surface area contributed by atoms with E-state index in [9.17, 15) is 8.78 Å². The Morgan fingerprint density at radius 1 is 0.944 bits per heavy atom. The number of anilines is 1. The van der Waals surface area contributed by atoms with Crippen LogP contribution in [0.5, 0.6) is 11.5 Å². The maximum Gasteiger partial charge on any atom is 0.203 e. The summed E-state index contributed by atoms with van der Waals surface area (Å²) < 4.78 is 31.3. The zero-order chi connectivity index (χ0) is 13.0. The maximum atomic E-state index is 13.3. The third-order valence-corrected chi connectivity index (χ3v) is 2.29. The highest BCUT2D eigenvalue weighted by Gasteiger charge is 2.10. The summed E-state index contributed by atoms with van der Waals surface area (Å²) in [7, 11) is 1.50. The number of ether oxygens (including phenoxy) is 1. The van der Waals surface area contributed by atoms with Crippen LogP contribution in [-0.4, -0.2) is 7.11 Å². The van der Waals surface area contributed by atoms with Crippen LogP contribution in [0.25, 0.3) is 0 Å². The van der Waals surface area contributed by atoms with E-state index in [1.165, 1.54) is 19.2 Å². The fourth-order valence-corrected chi connectivity index (χ4v) is 1.40. The number of benzene rings is 2. The lowest BCUT2D eigenvalue weighted by atomic mass is 10.3. The second-order valence-electron chi connectivity index (χ2n) is 3.46. The molecule has 0 saturated heterocycles. The Hall–Kier alpha value is -2.30. The van der Waals surface area contributed by atoms with Gasteiger partial charge in [0.2, 0.25) is 5.82 Å². The predicted molar refractivity (Wildman–Crippen MR) is 63.6 cm³/mol. The van der Waals surface area contributed by atoms with Gasteiger partial charge in [0.25, 0.3) is 0 Å². The molecular weight excluding hydrogens is 240 g/mol. The van der Waals surface area contributed by atoms with E-state index < -0.39 is 11.6 Å². The zero-order valence-corrected chi connectivity index (χ0v) is 9.61. The number of hydrogen-bond acceptors (Lipinski definition) is 3. The molecule has 0 amide bonds. The standard InChI is InChI=1S/C13H11F2NO2/c1-17-11-7-3-2-6-10(11)16-18-12-8-4-5-9(14)13(12)15/h2-8,16H,1H3. The minimum absolute atomic E-state index is 0.221. The summed E-state index contributed by atoms with van der Waals surface area (Å²) in [5.41, 5.74) is 3.03. The number of halogens is 2. The highest BCUT2D eigenvalue weighted by molar-refractivity contribution is 5.55. The minimum atomic E-state index is -1.04. The quantitative estimate of drug-likeness (QED) is 0.845. The molecule has 0 aliphatic heterocycles. The van der Waals surface area contributed by atoms with Gasteiger partial charge in [-0.05, 0) is 24.3 Å². The molecule has 2 aromatic rings. The van der Waals surface area contributed by atoms with Crippen molar-refractivity contribution in [1.82, 2.24) is 0 Å². The maximum absolute atomic E-state index is 13.3. The van der Waals surface area contributed by atoms with E-state index in [0.29, 0.717) is 11.4 Å². The van der Waals surface area contributed by atoms with Crippen molar-refractivity contribution in [2.24, 2.45) is 0 Å². The normalized spacial score (nSPS) is 9.94. The van der Waals surface area contributed by atoms with Crippen LogP contribution in [0, 0.1) is 11.6 Å². The van der Waals surface area contributed by atoms with Crippen LogP contribution in [0.1, 0.15) is 0 Å². The number of rotatable bonds is 4. The molecule has 2 aromatic carbocycles. The second kappa shape index (κ2) is 5.35. The molecule has 0 spiro atoms. The van der Waals surface area contributed by atoms with E-state index in [1.54, 1.807) is 24.3 Å². The van der Waals surface area contributed by atoms with Crippen molar-refractivity contribution < 1.29 is 18.4 Å². The van der Waals surface area contributed by atoms with Crippen LogP contribution in [0.2, 0.25) is 0 Å². The average molecular weight is 251 g/mol. The molecule has 0 unspecified atom stereocenters. The smallest absolute Gasteiger partial charge is 0.203 e. The van der Waals surface area contributed by atoms with E-state index in [0.717, 1.165) is 6.07 Å². The third-order valence-electron chi connectivity index (χ3n) is 2.29. The zero-order valence-electron chi connectivity index (χ0n) is 9.61. The van der Waals surface area contributed by atoms with Gasteiger partial charge in [-0.1, -0.05) is 18.2 Å². The molecule has 94 valence electrons. The molecule has 0 fully saturated rings. The van der Waals surface area contributed by atoms with Crippen molar-refractivity contribution in [3.05, 3.63) is 54.1 Å². The summed E-state index contributed by atoms with van der Waals surface area (Å²) in [6.45, 7) is 0. The first-order valence-corrected chi connectivity index (χ1v) is 5.22. The molecule has 0 aromatic heterocycles. The Balaban J connectivity index is 2.14. The summed E-state index contributed by atoms with van der Waals surface area (Å²) in [6, 6.07) is 10.6. The minimum Gasteiger partial charge on any atom is -0.494 e. The van der Waals surface area contributed by atoms with E-state index >= 15 is 0 Å². The van der Waals surface area contributed by atoms with Crippen LogP contribution >= 0.6 is 0 Å². The molecule has 0 bridgehead atoms. The van der Waals surface area contributed by atoms with Crippen LogP contribution in [0.4, 0.5) is 14.5 Å². The molecule has 5 heteroatoms. The summed E-state index contributed by atoms with van der Waals surface area (Å²) in [5.74, 6) is -1.69. The fourth-order valence-electron chi connectivity index (χ4n) is 1.40. The molecule has 2 rings (SSSR count). The van der Waals surface area contributed by atoms with Crippen molar-refractivity contribution >= 4 is 5.69 Å². The van der Waals surface area contributed by atoms with E-state index in [-0.39, 0.29) is 5.75 Å². The molecule has 0 heterocycles. The van der Waals surface area contributed by atoms with Gasteiger partial charge in [-0.25, -0.2) is 9.87 Å². The number of hydrogen-bond donors (Lipinski definition) is 1. The van der Waals surface area contributed by atoms with Crippen LogP contribution < -0.4 is 15.1 Å². The number of para-hydroxylation sites is 2. The summed E-state index contributed by atoms with van der Waals surface area (Å²) in [5, 5.41) is 0. The van der Waals surface area contributed by atoms with Crippen LogP contribution in [-0.2, 0) is 0 Å². The molecule has 18 heavy (non-hydrogen) atoms. The van der Waals surface area contributed by atoms with E-state index in [2.05, 4.69) is 5.48 Å². The number of nitrogens with one attached hydrogen (secondary N) is 1. The van der Waals surface area contributed by atoms with Gasteiger partial charge < -0.3 is 9.57 Å². The SMILES string of the molecule is COc1ccccc1NOc1cccc(F)c1F. The van der Waals surface area contributed by atoms with Crippen molar-refractivity contribution in [2.45, 2.75) is 0 Å². The Morgan fingerprint density at radius 2 is 1.67 bits per heavy atom. The van der Waals surface area contributed by atoms with Gasteiger partial charge in [-0.3, -0.25) is 0 Å². The van der Waals surface area contributed by atoms with Crippen molar-refractivity contribution in [3.63, 3.8) is 0 Å². The summed E-state index contributed by atoms with van der Waals surface area (Å²) >= 11 is 0. The summed E-state index contributed by atoms with van der Waals surface area (Å²) in [6.07, 6.45) is 0. The Bertz CT molecular complexity index is 546. The molecular formula is C13H11F2NO2. The average Bonchev–Trinajstić information content (AvgIpc) is 2.41. The molecule has 1 N–H and O–H groups in total. The monoisotopic (exact) mass is 251 g/mol. The van der Waals surface area contributed by atoms with Gasteiger partial charge >= 0.3 is 0 Å². The van der Waals surface area contributed by atoms with Gasteiger partial charge in [-0.15, -0.1) is 0 Å². The van der Waals surface area contributed by atoms with Crippen LogP contribution in [0.3, 0.4) is 0 Å². The molecule has 3 nitrogen and oxygen atoms in total. The first kappa shape index (κ1) is 12.2. The Morgan fingerprint density at radius 3 is 2.44 bits per heavy atom. The van der Waals surface area contributed by atoms with Crippen LogP contribution in [0.15, 0.2) is 42.5 Å². The molecule has 0 atom stereocenters. The van der Waals surface area contributed by atoms with Gasteiger partial charge in [0.15, 0.2) is 11.6 Å². The highest BCUT2D eigenvalue weighted by Crippen LogP contribution is 2.25. The number of methoxy groups -OCH3 is 1. The fraction of sp³-hybridized carbons (Fsp3) is 0.0769. The van der Waals surface area contributed by atoms with Gasteiger partial charge in [0.1, 0.15) is 11.4 Å². The lowest BCUT2D eigenvalue weighted by Crippen LogP contribution is -2.07. The first-order valence-electron chi connectivity index (χ1n) is 5.22. The van der Waals surface area contributed by atoms with Crippen molar-refractivity contribution in [2.75, 3.05) is 12.6 Å². The van der Waals surface area contributed by atoms with Crippen molar-refractivity contribution in [1.29, 1.82) is 0 Å². The first-order chi connectivity index (χ1) is 8.72. The van der Waals surface area contributed by atoms with Gasteiger partial charge in [0.05, 0.1) is 7.11 Å². The Kier molecular flexibility index (Phi) is 3.62. The van der Waals surface area contributed by atoms with Gasteiger partial charge in [-0.2, -0.15) is 4.39 Å². The molecule has 0 radical (unpaired) electrons. The lowest BCUT2D eigenvalue weighted by Gasteiger charge is -2.11. The molecule has 0 saturated carbocycles. The largest absolute Gasteiger partial charge is 0.494 e. The molecule has 0 aliphatic carbocycles. The van der Waals surface area contributed by atoms with Crippen molar-refractivity contribution in [3.8, 4) is 11.5 Å². The topological polar surface area (TPSA) is 30.5 Å². The Labute approximate surface area is 103 Å². The predicted octanol–water partition coefficient (Wildman–Crippen LogP) is 3.38. The van der Waals surface area contributed by atoms with E-state index in [4.69, 9.17) is 9.57 Å². The lowest BCUT2D eigenvalue weighted by molar-refractivity contribution is 0.357.